The van der Waals surface area contributed by atoms with Crippen LogP contribution in [0.5, 0.6) is 5.75 Å². The van der Waals surface area contributed by atoms with E-state index in [1.54, 1.807) is 6.08 Å². The number of nitrogens with zero attached hydrogens (tertiary/aromatic N) is 3. The smallest absolute Gasteiger partial charge is 0.339 e. The molecule has 28 heavy (non-hydrogen) atoms. The molecule has 0 aliphatic carbocycles. The first kappa shape index (κ1) is 18.2. The number of phenols is 1. The number of imidazole rings is 1. The van der Waals surface area contributed by atoms with Gasteiger partial charge in [-0.1, -0.05) is 36.1 Å². The van der Waals surface area contributed by atoms with Gasteiger partial charge in [-0.05, 0) is 24.3 Å². The summed E-state index contributed by atoms with van der Waals surface area (Å²) in [7, 11) is 1.87. The van der Waals surface area contributed by atoms with Crippen molar-refractivity contribution in [3.8, 4) is 5.75 Å². The number of fused-ring (bicyclic) bond motifs is 1. The highest BCUT2D eigenvalue weighted by Crippen LogP contribution is 2.37. The van der Waals surface area contributed by atoms with E-state index in [1.807, 2.05) is 35.9 Å². The minimum absolute atomic E-state index is 0.246. The maximum absolute atomic E-state index is 12.9. The van der Waals surface area contributed by atoms with Crippen molar-refractivity contribution in [3.63, 3.8) is 0 Å². The molecule has 1 aliphatic rings. The molecule has 2 heterocycles. The molecule has 0 radical (unpaired) electrons. The third-order valence-corrected chi connectivity index (χ3v) is 5.65. The fourth-order valence-corrected chi connectivity index (χ4v) is 4.21. The van der Waals surface area contributed by atoms with Gasteiger partial charge in [-0.15, -0.1) is 0 Å². The number of anilines is 1. The third-order valence-electron chi connectivity index (χ3n) is 4.35. The van der Waals surface area contributed by atoms with Crippen molar-refractivity contribution >= 4 is 63.0 Å². The maximum Gasteiger partial charge on any atom is 0.339 e. The first-order valence-corrected chi connectivity index (χ1v) is 9.35. The van der Waals surface area contributed by atoms with Crippen molar-refractivity contribution in [2.75, 3.05) is 4.90 Å². The van der Waals surface area contributed by atoms with Crippen molar-refractivity contribution in [2.45, 2.75) is 0 Å². The van der Waals surface area contributed by atoms with Gasteiger partial charge in [0.2, 0.25) is 0 Å². The lowest BCUT2D eigenvalue weighted by Gasteiger charge is -2.15. The number of thioether (sulfide) groups is 1. The number of carbonyl (C=O) groups is 2. The Balaban J connectivity index is 1.71. The number of aryl methyl sites for hydroxylation is 1. The molecule has 2 aromatic carbocycles. The van der Waals surface area contributed by atoms with Crippen LogP contribution in [-0.4, -0.2) is 36.0 Å². The van der Waals surface area contributed by atoms with Crippen molar-refractivity contribution in [1.82, 2.24) is 9.55 Å². The average molecular weight is 411 g/mol. The van der Waals surface area contributed by atoms with Crippen LogP contribution in [0.4, 0.5) is 5.69 Å². The molecule has 140 valence electrons. The highest BCUT2D eigenvalue weighted by atomic mass is 32.2. The third kappa shape index (κ3) is 2.94. The summed E-state index contributed by atoms with van der Waals surface area (Å²) in [6.45, 7) is 0. The second-order valence-corrected chi connectivity index (χ2v) is 7.72. The predicted octanol–water partition coefficient (Wildman–Crippen LogP) is 3.38. The summed E-state index contributed by atoms with van der Waals surface area (Å²) in [6.07, 6.45) is 1.67. The van der Waals surface area contributed by atoms with Gasteiger partial charge in [0.25, 0.3) is 5.91 Å². The normalized spacial score (nSPS) is 15.8. The zero-order valence-corrected chi connectivity index (χ0v) is 16.1. The molecule has 1 saturated heterocycles. The molecule has 0 spiro atoms. The molecule has 7 nitrogen and oxygen atoms in total. The largest absolute Gasteiger partial charge is 0.507 e. The second-order valence-electron chi connectivity index (χ2n) is 6.04. The molecule has 0 bridgehead atoms. The van der Waals surface area contributed by atoms with Gasteiger partial charge in [-0.25, -0.2) is 9.78 Å². The van der Waals surface area contributed by atoms with E-state index >= 15 is 0 Å². The van der Waals surface area contributed by atoms with E-state index in [0.717, 1.165) is 22.8 Å². The van der Waals surface area contributed by atoms with Crippen LogP contribution in [0.15, 0.2) is 47.4 Å². The number of amides is 1. The Labute approximate surface area is 168 Å². The number of aromatic carboxylic acids is 1. The van der Waals surface area contributed by atoms with Gasteiger partial charge in [-0.2, -0.15) is 0 Å². The summed E-state index contributed by atoms with van der Waals surface area (Å²) >= 11 is 6.44. The molecule has 1 amide bonds. The van der Waals surface area contributed by atoms with E-state index in [9.17, 15) is 14.7 Å². The molecule has 9 heteroatoms. The number of aromatic nitrogens is 2. The molecule has 0 saturated carbocycles. The lowest BCUT2D eigenvalue weighted by molar-refractivity contribution is -0.113. The van der Waals surface area contributed by atoms with Crippen LogP contribution in [0.3, 0.4) is 0 Å². The maximum atomic E-state index is 12.9. The van der Waals surface area contributed by atoms with Crippen LogP contribution >= 0.6 is 24.0 Å². The highest BCUT2D eigenvalue weighted by molar-refractivity contribution is 8.27. The fraction of sp³-hybridized carbons (Fsp3) is 0.0526. The summed E-state index contributed by atoms with van der Waals surface area (Å²) in [6, 6.07) is 11.5. The van der Waals surface area contributed by atoms with Crippen LogP contribution < -0.4 is 4.90 Å². The summed E-state index contributed by atoms with van der Waals surface area (Å²) < 4.78 is 2.17. The second kappa shape index (κ2) is 6.77. The number of benzene rings is 2. The molecule has 1 aromatic heterocycles. The highest BCUT2D eigenvalue weighted by Gasteiger charge is 2.34. The lowest BCUT2D eigenvalue weighted by atomic mass is 10.1. The number of carbonyl (C=O) groups excluding carboxylic acids is 1. The van der Waals surface area contributed by atoms with Gasteiger partial charge >= 0.3 is 5.97 Å². The standard InChI is InChI=1S/C19H13N3O4S2/c1-21-13-5-3-2-4-12(13)20-16(21)9-15-17(24)22(19(27)28-15)10-6-7-11(18(25)26)14(23)8-10/h2-9,23H,1H3,(H,25,26). The molecular formula is C19H13N3O4S2. The number of aromatic hydroxyl groups is 1. The number of carboxylic acid groups (broad SMARTS) is 1. The minimum Gasteiger partial charge on any atom is -0.507 e. The number of rotatable bonds is 3. The Bertz CT molecular complexity index is 1200. The van der Waals surface area contributed by atoms with Gasteiger partial charge in [0.05, 0.1) is 21.6 Å². The molecule has 1 aliphatic heterocycles. The van der Waals surface area contributed by atoms with Crippen LogP contribution in [0.2, 0.25) is 0 Å². The number of thiocarbonyl (C=S) groups is 1. The summed E-state index contributed by atoms with van der Waals surface area (Å²) in [5, 5.41) is 18.9. The van der Waals surface area contributed by atoms with Crippen molar-refractivity contribution in [2.24, 2.45) is 7.05 Å². The van der Waals surface area contributed by atoms with Crippen molar-refractivity contribution in [3.05, 3.63) is 58.8 Å². The van der Waals surface area contributed by atoms with E-state index in [2.05, 4.69) is 4.98 Å². The van der Waals surface area contributed by atoms with Crippen molar-refractivity contribution in [1.29, 1.82) is 0 Å². The zero-order valence-electron chi connectivity index (χ0n) is 14.5. The molecule has 4 rings (SSSR count). The Morgan fingerprint density at radius 3 is 2.68 bits per heavy atom. The van der Waals surface area contributed by atoms with Crippen LogP contribution in [-0.2, 0) is 11.8 Å². The topological polar surface area (TPSA) is 95.7 Å². The first-order valence-electron chi connectivity index (χ1n) is 8.12. The Morgan fingerprint density at radius 1 is 1.25 bits per heavy atom. The summed E-state index contributed by atoms with van der Waals surface area (Å²) in [5.41, 5.74) is 1.82. The van der Waals surface area contributed by atoms with Crippen LogP contribution in [0.1, 0.15) is 16.2 Å². The molecule has 1 fully saturated rings. The van der Waals surface area contributed by atoms with E-state index in [-0.39, 0.29) is 15.8 Å². The number of para-hydroxylation sites is 2. The Hall–Kier alpha value is -3.17. The van der Waals surface area contributed by atoms with Crippen molar-refractivity contribution < 1.29 is 19.8 Å². The lowest BCUT2D eigenvalue weighted by Crippen LogP contribution is -2.27. The molecule has 2 N–H and O–H groups in total. The van der Waals surface area contributed by atoms with Gasteiger partial charge < -0.3 is 14.8 Å². The van der Waals surface area contributed by atoms with E-state index < -0.39 is 11.7 Å². The number of hydrogen-bond acceptors (Lipinski definition) is 6. The van der Waals surface area contributed by atoms with E-state index in [4.69, 9.17) is 17.3 Å². The number of carboxylic acids is 1. The molecule has 0 atom stereocenters. The van der Waals surface area contributed by atoms with Crippen LogP contribution in [0, 0.1) is 0 Å². The molecule has 3 aromatic rings. The predicted molar refractivity (Wildman–Crippen MR) is 111 cm³/mol. The SMILES string of the molecule is Cn1c(C=C2SC(=S)N(c3ccc(C(=O)O)c(O)c3)C2=O)nc2ccccc21. The Kier molecular flexibility index (Phi) is 4.40. The average Bonchev–Trinajstić information content (AvgIpc) is 3.11. The molecule has 0 unspecified atom stereocenters. The molecular weight excluding hydrogens is 398 g/mol. The fourth-order valence-electron chi connectivity index (χ4n) is 2.94. The summed E-state index contributed by atoms with van der Waals surface area (Å²) in [4.78, 5) is 30.1. The van der Waals surface area contributed by atoms with Gasteiger partial charge in [0.15, 0.2) is 4.32 Å². The van der Waals surface area contributed by atoms with E-state index in [0.29, 0.717) is 16.4 Å². The van der Waals surface area contributed by atoms with Gasteiger partial charge in [-0.3, -0.25) is 9.69 Å². The minimum atomic E-state index is -1.25. The van der Waals surface area contributed by atoms with Crippen LogP contribution in [0.25, 0.3) is 17.1 Å². The monoisotopic (exact) mass is 411 g/mol. The quantitative estimate of drug-likeness (QED) is 0.504. The van der Waals surface area contributed by atoms with Gasteiger partial charge in [0.1, 0.15) is 17.1 Å². The first-order chi connectivity index (χ1) is 13.4. The summed E-state index contributed by atoms with van der Waals surface area (Å²) in [5.74, 6) is -1.43. The van der Waals surface area contributed by atoms with E-state index in [1.165, 1.54) is 23.1 Å². The zero-order chi connectivity index (χ0) is 20.0. The van der Waals surface area contributed by atoms with Gasteiger partial charge in [0, 0.05) is 19.2 Å². The Morgan fingerprint density at radius 2 is 2.00 bits per heavy atom. The number of hydrogen-bond donors (Lipinski definition) is 2.